The number of thiophene rings is 1. The Morgan fingerprint density at radius 2 is 1.96 bits per heavy atom. The highest BCUT2D eigenvalue weighted by atomic mass is 32.1. The van der Waals surface area contributed by atoms with Crippen LogP contribution in [0.3, 0.4) is 0 Å². The minimum absolute atomic E-state index is 0.00690. The van der Waals surface area contributed by atoms with Crippen LogP contribution in [-0.4, -0.2) is 16.5 Å². The summed E-state index contributed by atoms with van der Waals surface area (Å²) in [7, 11) is 0. The smallest absolute Gasteiger partial charge is 0.269 e. The number of benzene rings is 1. The van der Waals surface area contributed by atoms with Gasteiger partial charge in [0, 0.05) is 17.0 Å². The lowest BCUT2D eigenvalue weighted by Crippen LogP contribution is -2.21. The van der Waals surface area contributed by atoms with Crippen LogP contribution in [0.1, 0.15) is 29.2 Å². The summed E-state index contributed by atoms with van der Waals surface area (Å²) in [6.45, 7) is 3.94. The highest BCUT2D eigenvalue weighted by Gasteiger charge is 2.08. The van der Waals surface area contributed by atoms with Crippen molar-refractivity contribution in [2.45, 2.75) is 26.7 Å². The van der Waals surface area contributed by atoms with E-state index in [4.69, 9.17) is 0 Å². The quantitative estimate of drug-likeness (QED) is 0.501. The van der Waals surface area contributed by atoms with Gasteiger partial charge in [-0.1, -0.05) is 19.1 Å². The first kappa shape index (κ1) is 16.8. The first-order chi connectivity index (χ1) is 11.0. The third-order valence-corrected chi connectivity index (χ3v) is 4.57. The van der Waals surface area contributed by atoms with E-state index in [0.717, 1.165) is 17.0 Å². The largest absolute Gasteiger partial charge is 0.273 e. The fourth-order valence-electron chi connectivity index (χ4n) is 1.92. The molecule has 23 heavy (non-hydrogen) atoms. The monoisotopic (exact) mass is 331 g/mol. The molecule has 1 aromatic carbocycles. The summed E-state index contributed by atoms with van der Waals surface area (Å²) in [6, 6.07) is 9.95. The number of amides is 1. The Bertz CT molecular complexity index is 735. The number of non-ortho nitro benzene ring substituents is 1. The molecule has 0 spiro atoms. The van der Waals surface area contributed by atoms with Crippen molar-refractivity contribution in [3.63, 3.8) is 0 Å². The Kier molecular flexibility index (Phi) is 5.59. The molecule has 7 heteroatoms. The van der Waals surface area contributed by atoms with E-state index >= 15 is 0 Å². The maximum atomic E-state index is 11.9. The number of carbonyl (C=O) groups is 1. The van der Waals surface area contributed by atoms with Crippen LogP contribution in [0, 0.1) is 10.1 Å². The van der Waals surface area contributed by atoms with E-state index in [2.05, 4.69) is 23.5 Å². The van der Waals surface area contributed by atoms with Crippen LogP contribution in [0.5, 0.6) is 0 Å². The molecule has 0 aliphatic heterocycles. The van der Waals surface area contributed by atoms with Gasteiger partial charge in [-0.3, -0.25) is 14.9 Å². The molecule has 6 nitrogen and oxygen atoms in total. The molecular formula is C16H17N3O3S. The summed E-state index contributed by atoms with van der Waals surface area (Å²) in [6.07, 6.45) is 1.10. The van der Waals surface area contributed by atoms with Crippen molar-refractivity contribution >= 4 is 28.6 Å². The van der Waals surface area contributed by atoms with Crippen LogP contribution in [0.4, 0.5) is 5.69 Å². The second-order valence-corrected chi connectivity index (χ2v) is 6.12. The summed E-state index contributed by atoms with van der Waals surface area (Å²) in [4.78, 5) is 24.3. The molecule has 1 aromatic heterocycles. The summed E-state index contributed by atoms with van der Waals surface area (Å²) < 4.78 is 0. The van der Waals surface area contributed by atoms with Crippen LogP contribution in [0.15, 0.2) is 41.5 Å². The maximum absolute atomic E-state index is 11.9. The average Bonchev–Trinajstić information content (AvgIpc) is 3.02. The van der Waals surface area contributed by atoms with Gasteiger partial charge in [-0.2, -0.15) is 5.10 Å². The lowest BCUT2D eigenvalue weighted by atomic mass is 10.1. The molecule has 0 saturated carbocycles. The third kappa shape index (κ3) is 4.72. The Hall–Kier alpha value is -2.54. The summed E-state index contributed by atoms with van der Waals surface area (Å²) >= 11 is 1.65. The van der Waals surface area contributed by atoms with E-state index in [1.54, 1.807) is 23.5 Å². The Morgan fingerprint density at radius 3 is 2.52 bits per heavy atom. The normalized spacial score (nSPS) is 11.3. The van der Waals surface area contributed by atoms with Gasteiger partial charge in [0.05, 0.1) is 21.9 Å². The maximum Gasteiger partial charge on any atom is 0.269 e. The molecule has 0 aliphatic carbocycles. The van der Waals surface area contributed by atoms with Gasteiger partial charge >= 0.3 is 0 Å². The van der Waals surface area contributed by atoms with Crippen molar-refractivity contribution in [1.29, 1.82) is 0 Å². The lowest BCUT2D eigenvalue weighted by molar-refractivity contribution is -0.384. The number of nitrogens with one attached hydrogen (secondary N) is 1. The highest BCUT2D eigenvalue weighted by Crippen LogP contribution is 2.17. The standard InChI is InChI=1S/C16H17N3O3S/c1-3-14-8-9-15(23-14)11(2)17-18-16(20)10-12-4-6-13(7-5-12)19(21)22/h4-9H,3,10H2,1-2H3,(H,18,20)/b17-11+. The van der Waals surface area contributed by atoms with Gasteiger partial charge in [0.1, 0.15) is 0 Å². The van der Waals surface area contributed by atoms with Crippen molar-refractivity contribution in [2.75, 3.05) is 0 Å². The number of nitrogens with zero attached hydrogens (tertiary/aromatic N) is 2. The molecule has 0 unspecified atom stereocenters. The molecule has 1 amide bonds. The van der Waals surface area contributed by atoms with E-state index in [9.17, 15) is 14.9 Å². The molecule has 0 bridgehead atoms. The predicted molar refractivity (Wildman–Crippen MR) is 90.9 cm³/mol. The van der Waals surface area contributed by atoms with Crippen LogP contribution in [-0.2, 0) is 17.6 Å². The zero-order chi connectivity index (χ0) is 16.8. The number of carbonyl (C=O) groups excluding carboxylic acids is 1. The van der Waals surface area contributed by atoms with Gasteiger partial charge in [-0.05, 0) is 31.0 Å². The topological polar surface area (TPSA) is 84.6 Å². The van der Waals surface area contributed by atoms with Gasteiger partial charge < -0.3 is 0 Å². The number of hydrogen-bond acceptors (Lipinski definition) is 5. The van der Waals surface area contributed by atoms with Crippen LogP contribution in [0.25, 0.3) is 0 Å². The van der Waals surface area contributed by atoms with Gasteiger partial charge in [-0.25, -0.2) is 5.43 Å². The molecule has 0 fully saturated rings. The zero-order valence-electron chi connectivity index (χ0n) is 12.9. The Balaban J connectivity index is 1.93. The van der Waals surface area contributed by atoms with E-state index in [-0.39, 0.29) is 18.0 Å². The first-order valence-electron chi connectivity index (χ1n) is 7.15. The van der Waals surface area contributed by atoms with Crippen LogP contribution >= 0.6 is 11.3 Å². The number of nitro benzene ring substituents is 1. The van der Waals surface area contributed by atoms with Crippen molar-refractivity contribution in [1.82, 2.24) is 5.43 Å². The Morgan fingerprint density at radius 1 is 1.26 bits per heavy atom. The molecule has 0 saturated heterocycles. The zero-order valence-corrected chi connectivity index (χ0v) is 13.7. The fraction of sp³-hybridized carbons (Fsp3) is 0.250. The number of hydrogen-bond donors (Lipinski definition) is 1. The molecule has 1 heterocycles. The number of nitro groups is 1. The SMILES string of the molecule is CCc1ccc(/C(C)=N/NC(=O)Cc2ccc([N+](=O)[O-])cc2)s1. The van der Waals surface area contributed by atoms with Crippen molar-refractivity contribution < 1.29 is 9.72 Å². The second kappa shape index (κ2) is 7.64. The summed E-state index contributed by atoms with van der Waals surface area (Å²) in [5.74, 6) is -0.259. The molecule has 0 radical (unpaired) electrons. The molecule has 1 N–H and O–H groups in total. The second-order valence-electron chi connectivity index (χ2n) is 4.95. The van der Waals surface area contributed by atoms with E-state index in [0.29, 0.717) is 5.56 Å². The number of hydrazone groups is 1. The Labute approximate surface area is 138 Å². The van der Waals surface area contributed by atoms with E-state index in [1.165, 1.54) is 17.0 Å². The molecule has 2 aromatic rings. The minimum atomic E-state index is -0.469. The number of aryl methyl sites for hydroxylation is 1. The molecule has 120 valence electrons. The van der Waals surface area contributed by atoms with Gasteiger partial charge in [0.15, 0.2) is 0 Å². The third-order valence-electron chi connectivity index (χ3n) is 3.23. The van der Waals surface area contributed by atoms with E-state index in [1.807, 2.05) is 13.0 Å². The van der Waals surface area contributed by atoms with Crippen molar-refractivity contribution in [3.05, 3.63) is 61.8 Å². The van der Waals surface area contributed by atoms with Gasteiger partial charge in [-0.15, -0.1) is 11.3 Å². The lowest BCUT2D eigenvalue weighted by Gasteiger charge is -2.02. The van der Waals surface area contributed by atoms with E-state index < -0.39 is 4.92 Å². The van der Waals surface area contributed by atoms with Crippen LogP contribution < -0.4 is 5.43 Å². The van der Waals surface area contributed by atoms with Crippen LogP contribution in [0.2, 0.25) is 0 Å². The first-order valence-corrected chi connectivity index (χ1v) is 7.96. The molecule has 0 aliphatic rings. The van der Waals surface area contributed by atoms with Crippen molar-refractivity contribution in [3.8, 4) is 0 Å². The molecule has 2 rings (SSSR count). The fourth-order valence-corrected chi connectivity index (χ4v) is 2.82. The molecular weight excluding hydrogens is 314 g/mol. The number of rotatable bonds is 6. The minimum Gasteiger partial charge on any atom is -0.273 e. The summed E-state index contributed by atoms with van der Waals surface area (Å²) in [5.41, 5.74) is 3.98. The van der Waals surface area contributed by atoms with Crippen molar-refractivity contribution in [2.24, 2.45) is 5.10 Å². The average molecular weight is 331 g/mol. The van der Waals surface area contributed by atoms with Gasteiger partial charge in [0.2, 0.25) is 5.91 Å². The van der Waals surface area contributed by atoms with Gasteiger partial charge in [0.25, 0.3) is 5.69 Å². The molecule has 0 atom stereocenters. The predicted octanol–water partition coefficient (Wildman–Crippen LogP) is 3.30. The summed E-state index contributed by atoms with van der Waals surface area (Å²) in [5, 5.41) is 14.7. The highest BCUT2D eigenvalue weighted by molar-refractivity contribution is 7.14.